The summed E-state index contributed by atoms with van der Waals surface area (Å²) < 4.78 is 0. The summed E-state index contributed by atoms with van der Waals surface area (Å²) >= 11 is 0. The molecule has 29 heavy (non-hydrogen) atoms. The lowest BCUT2D eigenvalue weighted by Gasteiger charge is -2.20. The maximum absolute atomic E-state index is 4.48. The van der Waals surface area contributed by atoms with Crippen LogP contribution in [0.4, 0.5) is 0 Å². The lowest BCUT2D eigenvalue weighted by atomic mass is 9.83. The Morgan fingerprint density at radius 3 is 2.00 bits per heavy atom. The van der Waals surface area contributed by atoms with Crippen LogP contribution in [0.15, 0.2) is 122 Å². The van der Waals surface area contributed by atoms with Crippen LogP contribution in [0.2, 0.25) is 0 Å². The first kappa shape index (κ1) is 21.9. The lowest BCUT2D eigenvalue weighted by molar-refractivity contribution is 1.40. The molecular formula is C29H30. The lowest BCUT2D eigenvalue weighted by Crippen LogP contribution is -2.00. The van der Waals surface area contributed by atoms with Crippen LogP contribution in [0.3, 0.4) is 0 Å². The fraction of sp³-hybridized carbons (Fsp3) is 0.103. The fourth-order valence-corrected chi connectivity index (χ4v) is 3.32. The van der Waals surface area contributed by atoms with Gasteiger partial charge in [0.2, 0.25) is 0 Å². The first-order chi connectivity index (χ1) is 13.9. The minimum absolute atomic E-state index is 0.923. The molecule has 0 heteroatoms. The van der Waals surface area contributed by atoms with Gasteiger partial charge in [-0.1, -0.05) is 116 Å². The Labute approximate surface area is 176 Å². The largest absolute Gasteiger partial charge is 0.0990 e. The summed E-state index contributed by atoms with van der Waals surface area (Å²) in [6.07, 6.45) is 9.56. The molecule has 0 nitrogen and oxygen atoms in total. The summed E-state index contributed by atoms with van der Waals surface area (Å²) in [7, 11) is 0. The van der Waals surface area contributed by atoms with Crippen LogP contribution in [-0.2, 0) is 0 Å². The molecule has 0 saturated carbocycles. The summed E-state index contributed by atoms with van der Waals surface area (Å²) in [4.78, 5) is 0. The van der Waals surface area contributed by atoms with Gasteiger partial charge in [0.1, 0.15) is 0 Å². The second kappa shape index (κ2) is 10.2. The quantitative estimate of drug-likeness (QED) is 0.406. The summed E-state index contributed by atoms with van der Waals surface area (Å²) in [5, 5.41) is 0. The maximum Gasteiger partial charge on any atom is -0.00762 e. The molecule has 2 aromatic rings. The van der Waals surface area contributed by atoms with Crippen LogP contribution < -0.4 is 0 Å². The number of hydrogen-bond acceptors (Lipinski definition) is 0. The minimum atomic E-state index is 0.923. The number of benzene rings is 2. The van der Waals surface area contributed by atoms with Gasteiger partial charge in [0.25, 0.3) is 0 Å². The highest BCUT2D eigenvalue weighted by molar-refractivity contribution is 5.96. The van der Waals surface area contributed by atoms with Gasteiger partial charge in [-0.05, 0) is 59.8 Å². The molecule has 0 aliphatic heterocycles. The fourth-order valence-electron chi connectivity index (χ4n) is 3.32. The van der Waals surface area contributed by atoms with Crippen LogP contribution in [0, 0.1) is 13.8 Å². The average Bonchev–Trinajstić information content (AvgIpc) is 2.72. The van der Waals surface area contributed by atoms with Gasteiger partial charge in [-0.3, -0.25) is 0 Å². The van der Waals surface area contributed by atoms with Crippen molar-refractivity contribution in [2.45, 2.75) is 20.8 Å². The van der Waals surface area contributed by atoms with Gasteiger partial charge in [-0.25, -0.2) is 0 Å². The van der Waals surface area contributed by atoms with Gasteiger partial charge in [0, 0.05) is 0 Å². The van der Waals surface area contributed by atoms with E-state index in [1.807, 2.05) is 30.4 Å². The van der Waals surface area contributed by atoms with Gasteiger partial charge < -0.3 is 0 Å². The molecule has 0 bridgehead atoms. The van der Waals surface area contributed by atoms with Crippen molar-refractivity contribution in [1.29, 1.82) is 0 Å². The Kier molecular flexibility index (Phi) is 7.74. The van der Waals surface area contributed by atoms with Gasteiger partial charge in [0.05, 0.1) is 0 Å². The van der Waals surface area contributed by atoms with Crippen molar-refractivity contribution in [2.75, 3.05) is 0 Å². The molecule has 0 spiro atoms. The molecule has 2 rings (SSSR count). The van der Waals surface area contributed by atoms with Crippen LogP contribution in [0.5, 0.6) is 0 Å². The van der Waals surface area contributed by atoms with E-state index in [1.165, 1.54) is 11.1 Å². The van der Waals surface area contributed by atoms with E-state index in [-0.39, 0.29) is 0 Å². The maximum atomic E-state index is 4.48. The molecule has 146 valence electrons. The molecule has 0 saturated heterocycles. The predicted octanol–water partition coefficient (Wildman–Crippen LogP) is 8.20. The number of allylic oxidation sites excluding steroid dienone is 10. The highest BCUT2D eigenvalue weighted by Crippen LogP contribution is 2.38. The first-order valence-electron chi connectivity index (χ1n) is 9.75. The molecule has 0 heterocycles. The monoisotopic (exact) mass is 378 g/mol. The number of hydrogen-bond donors (Lipinski definition) is 0. The normalized spacial score (nSPS) is 12.8. The van der Waals surface area contributed by atoms with E-state index < -0.39 is 0 Å². The molecule has 0 aliphatic rings. The van der Waals surface area contributed by atoms with E-state index in [0.29, 0.717) is 0 Å². The second-order valence-corrected chi connectivity index (χ2v) is 7.11. The Hall–Kier alpha value is -3.38. The Balaban J connectivity index is 2.70. The van der Waals surface area contributed by atoms with Crippen molar-refractivity contribution in [3.63, 3.8) is 0 Å². The van der Waals surface area contributed by atoms with Crippen molar-refractivity contribution in [3.05, 3.63) is 144 Å². The molecule has 0 radical (unpaired) electrons. The molecule has 0 amide bonds. The van der Waals surface area contributed by atoms with Crippen molar-refractivity contribution in [2.24, 2.45) is 0 Å². The third kappa shape index (κ3) is 5.33. The van der Waals surface area contributed by atoms with E-state index in [4.69, 9.17) is 0 Å². The van der Waals surface area contributed by atoms with Crippen molar-refractivity contribution in [3.8, 4) is 0 Å². The highest BCUT2D eigenvalue weighted by atomic mass is 14.2. The second-order valence-electron chi connectivity index (χ2n) is 7.11. The summed E-state index contributed by atoms with van der Waals surface area (Å²) in [5.41, 5.74) is 9.86. The van der Waals surface area contributed by atoms with Gasteiger partial charge in [-0.2, -0.15) is 0 Å². The number of rotatable bonds is 8. The Morgan fingerprint density at radius 2 is 1.45 bits per heavy atom. The van der Waals surface area contributed by atoms with E-state index in [2.05, 4.69) is 95.6 Å². The zero-order valence-corrected chi connectivity index (χ0v) is 17.8. The van der Waals surface area contributed by atoms with Crippen molar-refractivity contribution >= 4 is 11.1 Å². The van der Waals surface area contributed by atoms with Gasteiger partial charge >= 0.3 is 0 Å². The smallest absolute Gasteiger partial charge is 0.00762 e. The predicted molar refractivity (Wildman–Crippen MR) is 131 cm³/mol. The third-order valence-electron chi connectivity index (χ3n) is 4.86. The molecule has 0 aliphatic carbocycles. The van der Waals surface area contributed by atoms with Crippen molar-refractivity contribution in [1.82, 2.24) is 0 Å². The van der Waals surface area contributed by atoms with Crippen LogP contribution in [-0.4, -0.2) is 0 Å². The highest BCUT2D eigenvalue weighted by Gasteiger charge is 2.17. The Bertz CT molecular complexity index is 1020. The van der Waals surface area contributed by atoms with Crippen LogP contribution in [0.25, 0.3) is 11.1 Å². The van der Waals surface area contributed by atoms with Crippen LogP contribution in [0.1, 0.15) is 29.2 Å². The standard InChI is InChI=1S/C29H30/c1-8-12-27(25-18-16-21(4)17-19-25)24(7)28(13-9-2)29(23(6)10-3)26-15-11-14-22(5)20-26/h8-20H,1-3,7H2,4-6H3/b27-12-,28-13+,29-23+. The zero-order chi connectivity index (χ0) is 21.4. The molecular weight excluding hydrogens is 348 g/mol. The van der Waals surface area contributed by atoms with E-state index in [1.54, 1.807) is 0 Å². The number of aryl methyl sites for hydroxylation is 2. The van der Waals surface area contributed by atoms with E-state index in [9.17, 15) is 0 Å². The molecule has 0 aromatic heterocycles. The average molecular weight is 379 g/mol. The summed E-state index contributed by atoms with van der Waals surface area (Å²) in [5.74, 6) is 0. The molecule has 0 unspecified atom stereocenters. The molecule has 0 fully saturated rings. The SMILES string of the molecule is C=C/C=C(C(=C)/C(=C/C=C)c1ccc(C)cc1)/C(=C(\C)C=C)c1cccc(C)c1. The first-order valence-corrected chi connectivity index (χ1v) is 9.75. The summed E-state index contributed by atoms with van der Waals surface area (Å²) in [6.45, 7) is 22.6. The van der Waals surface area contributed by atoms with Gasteiger partial charge in [-0.15, -0.1) is 0 Å². The molecule has 0 N–H and O–H groups in total. The van der Waals surface area contributed by atoms with E-state index >= 15 is 0 Å². The molecule has 2 aromatic carbocycles. The van der Waals surface area contributed by atoms with Gasteiger partial charge in [0.15, 0.2) is 0 Å². The van der Waals surface area contributed by atoms with E-state index in [0.717, 1.165) is 39.0 Å². The zero-order valence-electron chi connectivity index (χ0n) is 17.8. The molecule has 0 atom stereocenters. The third-order valence-corrected chi connectivity index (χ3v) is 4.86. The Morgan fingerprint density at radius 1 is 0.793 bits per heavy atom. The summed E-state index contributed by atoms with van der Waals surface area (Å²) in [6, 6.07) is 17.0. The topological polar surface area (TPSA) is 0 Å². The van der Waals surface area contributed by atoms with Crippen molar-refractivity contribution < 1.29 is 0 Å². The van der Waals surface area contributed by atoms with Crippen LogP contribution >= 0.6 is 0 Å². The minimum Gasteiger partial charge on any atom is -0.0990 e.